The topological polar surface area (TPSA) is 29.1 Å². The Morgan fingerprint density at radius 2 is 1.57 bits per heavy atom. The van der Waals surface area contributed by atoms with E-state index in [9.17, 15) is 4.79 Å². The number of allylic oxidation sites excluding steroid dienone is 4. The highest BCUT2D eigenvalue weighted by Gasteiger charge is 2.52. The normalized spacial score (nSPS) is 27.4. The first-order valence-corrected chi connectivity index (χ1v) is 9.41. The predicted molar refractivity (Wildman–Crippen MR) is 99.2 cm³/mol. The van der Waals surface area contributed by atoms with E-state index >= 15 is 0 Å². The van der Waals surface area contributed by atoms with Crippen molar-refractivity contribution in [2.45, 2.75) is 38.5 Å². The maximum atomic E-state index is 12.6. The van der Waals surface area contributed by atoms with Gasteiger partial charge in [-0.3, -0.25) is 4.79 Å². The summed E-state index contributed by atoms with van der Waals surface area (Å²) in [7, 11) is 0. The molecule has 0 aromatic heterocycles. The molecule has 1 aromatic carbocycles. The van der Waals surface area contributed by atoms with Crippen LogP contribution >= 0.6 is 15.9 Å². The maximum Gasteiger partial charge on any atom is 0.228 e. The van der Waals surface area contributed by atoms with Gasteiger partial charge in [0.2, 0.25) is 5.91 Å². The zero-order valence-corrected chi connectivity index (χ0v) is 15.0. The molecule has 1 saturated carbocycles. The number of nitrogens with one attached hydrogen (secondary N) is 1. The van der Waals surface area contributed by atoms with Crippen LogP contribution in [0.25, 0.3) is 0 Å². The first kappa shape index (κ1) is 16.5. The number of benzene rings is 1. The summed E-state index contributed by atoms with van der Waals surface area (Å²) >= 11 is 3.45. The largest absolute Gasteiger partial charge is 0.326 e. The van der Waals surface area contributed by atoms with E-state index in [1.165, 1.54) is 0 Å². The molecule has 0 aliphatic heterocycles. The molecule has 3 rings (SSSR count). The molecule has 0 radical (unpaired) electrons. The minimum absolute atomic E-state index is 0.191. The molecule has 2 aliphatic carbocycles. The van der Waals surface area contributed by atoms with Crippen LogP contribution in [0, 0.1) is 17.8 Å². The molecule has 2 aliphatic rings. The quantitative estimate of drug-likeness (QED) is 0.660. The lowest BCUT2D eigenvalue weighted by Crippen LogP contribution is -2.15. The number of rotatable bonds is 2. The van der Waals surface area contributed by atoms with Crippen molar-refractivity contribution in [2.24, 2.45) is 17.8 Å². The average Bonchev–Trinajstić information content (AvgIpc) is 3.20. The highest BCUT2D eigenvalue weighted by Crippen LogP contribution is 2.52. The van der Waals surface area contributed by atoms with Crippen LogP contribution in [-0.2, 0) is 4.79 Å². The molecule has 1 unspecified atom stereocenters. The predicted octanol–water partition coefficient (Wildman–Crippen LogP) is 5.72. The number of anilines is 1. The molecule has 0 bridgehead atoms. The number of carbonyl (C=O) groups excluding carboxylic acids is 1. The van der Waals surface area contributed by atoms with Crippen LogP contribution in [0.4, 0.5) is 5.69 Å². The van der Waals surface area contributed by atoms with Gasteiger partial charge in [0.05, 0.1) is 0 Å². The summed E-state index contributed by atoms with van der Waals surface area (Å²) in [6.07, 6.45) is 15.9. The van der Waals surface area contributed by atoms with Gasteiger partial charge in [0.25, 0.3) is 0 Å². The van der Waals surface area contributed by atoms with Crippen molar-refractivity contribution in [3.05, 3.63) is 53.0 Å². The van der Waals surface area contributed by atoms with Crippen LogP contribution in [0.1, 0.15) is 38.5 Å². The lowest BCUT2D eigenvalue weighted by atomic mass is 10.1. The minimum atomic E-state index is 0.191. The second-order valence-electron chi connectivity index (χ2n) is 6.53. The van der Waals surface area contributed by atoms with Gasteiger partial charge in [-0.25, -0.2) is 0 Å². The van der Waals surface area contributed by atoms with Crippen molar-refractivity contribution in [1.82, 2.24) is 0 Å². The highest BCUT2D eigenvalue weighted by atomic mass is 79.9. The SMILES string of the molecule is O=C(Nc1cccc(Br)c1)C1[C@H]2CCC=CCCC=CCC[C@@H]12. The van der Waals surface area contributed by atoms with Gasteiger partial charge in [-0.15, -0.1) is 0 Å². The van der Waals surface area contributed by atoms with Crippen LogP contribution < -0.4 is 5.32 Å². The number of hydrogen-bond donors (Lipinski definition) is 1. The number of halogens is 1. The molecule has 23 heavy (non-hydrogen) atoms. The molecule has 2 nitrogen and oxygen atoms in total. The lowest BCUT2D eigenvalue weighted by Gasteiger charge is -2.05. The van der Waals surface area contributed by atoms with E-state index in [4.69, 9.17) is 0 Å². The van der Waals surface area contributed by atoms with Gasteiger partial charge < -0.3 is 5.32 Å². The molecule has 1 fully saturated rings. The van der Waals surface area contributed by atoms with Crippen molar-refractivity contribution in [2.75, 3.05) is 5.32 Å². The average molecular weight is 374 g/mol. The Hall–Kier alpha value is -1.35. The molecule has 0 heterocycles. The van der Waals surface area contributed by atoms with Crippen molar-refractivity contribution in [3.63, 3.8) is 0 Å². The lowest BCUT2D eigenvalue weighted by molar-refractivity contribution is -0.117. The Morgan fingerprint density at radius 1 is 0.957 bits per heavy atom. The summed E-state index contributed by atoms with van der Waals surface area (Å²) in [5.41, 5.74) is 0.881. The fraction of sp³-hybridized carbons (Fsp3) is 0.450. The summed E-state index contributed by atoms with van der Waals surface area (Å²) in [5, 5.41) is 3.09. The van der Waals surface area contributed by atoms with Crippen LogP contribution in [0.3, 0.4) is 0 Å². The van der Waals surface area contributed by atoms with Gasteiger partial charge in [0.15, 0.2) is 0 Å². The first-order valence-electron chi connectivity index (χ1n) is 8.62. The second-order valence-corrected chi connectivity index (χ2v) is 7.44. The number of amides is 1. The summed E-state index contributed by atoms with van der Waals surface area (Å²) < 4.78 is 0.993. The molecule has 1 amide bonds. The Balaban J connectivity index is 1.61. The molecular weight excluding hydrogens is 350 g/mol. The Morgan fingerprint density at radius 3 is 2.17 bits per heavy atom. The van der Waals surface area contributed by atoms with Gasteiger partial charge in [0, 0.05) is 16.1 Å². The fourth-order valence-corrected chi connectivity index (χ4v) is 4.05. The smallest absolute Gasteiger partial charge is 0.228 e. The zero-order valence-electron chi connectivity index (χ0n) is 13.4. The molecule has 3 atom stereocenters. The standard InChI is InChI=1S/C20H24BrNO/c21-15-10-9-11-16(14-15)22-20(23)19-17-12-7-5-3-1-2-4-6-8-13-18(17)19/h3-6,9-11,14,17-19H,1-2,7-8,12-13H2,(H,22,23)/t17-,18+,19?. The molecule has 1 aromatic rings. The molecule has 0 spiro atoms. The second kappa shape index (κ2) is 7.96. The van der Waals surface area contributed by atoms with Crippen LogP contribution in [-0.4, -0.2) is 5.91 Å². The maximum absolute atomic E-state index is 12.6. The van der Waals surface area contributed by atoms with Gasteiger partial charge in [-0.2, -0.15) is 0 Å². The summed E-state index contributed by atoms with van der Waals surface area (Å²) in [4.78, 5) is 12.6. The van der Waals surface area contributed by atoms with Crippen molar-refractivity contribution < 1.29 is 4.79 Å². The van der Waals surface area contributed by atoms with Crippen molar-refractivity contribution >= 4 is 27.5 Å². The highest BCUT2D eigenvalue weighted by molar-refractivity contribution is 9.10. The molecule has 0 saturated heterocycles. The minimum Gasteiger partial charge on any atom is -0.326 e. The molecule has 3 heteroatoms. The van der Waals surface area contributed by atoms with E-state index in [1.54, 1.807) is 0 Å². The van der Waals surface area contributed by atoms with Gasteiger partial charge in [-0.1, -0.05) is 46.3 Å². The van der Waals surface area contributed by atoms with Crippen LogP contribution in [0.5, 0.6) is 0 Å². The Bertz CT molecular complexity index is 583. The van der Waals surface area contributed by atoms with Crippen LogP contribution in [0.2, 0.25) is 0 Å². The third kappa shape index (κ3) is 4.57. The summed E-state index contributed by atoms with van der Waals surface area (Å²) in [5.74, 6) is 1.50. The number of fused-ring (bicyclic) bond motifs is 1. The van der Waals surface area contributed by atoms with E-state index in [1.807, 2.05) is 24.3 Å². The third-order valence-corrected chi connectivity index (χ3v) is 5.39. The first-order chi connectivity index (χ1) is 11.3. The Labute approximate surface area is 147 Å². The zero-order chi connectivity index (χ0) is 16.1. The summed E-state index contributed by atoms with van der Waals surface area (Å²) in [6.45, 7) is 0. The van der Waals surface area contributed by atoms with E-state index in [-0.39, 0.29) is 11.8 Å². The molecule has 1 N–H and O–H groups in total. The van der Waals surface area contributed by atoms with E-state index in [2.05, 4.69) is 45.6 Å². The van der Waals surface area contributed by atoms with Gasteiger partial charge >= 0.3 is 0 Å². The third-order valence-electron chi connectivity index (χ3n) is 4.89. The van der Waals surface area contributed by atoms with Gasteiger partial charge in [0.1, 0.15) is 0 Å². The molecule has 122 valence electrons. The van der Waals surface area contributed by atoms with E-state index in [0.29, 0.717) is 11.8 Å². The fourth-order valence-electron chi connectivity index (χ4n) is 3.65. The van der Waals surface area contributed by atoms with E-state index in [0.717, 1.165) is 48.7 Å². The van der Waals surface area contributed by atoms with Crippen molar-refractivity contribution in [3.8, 4) is 0 Å². The molecular formula is C20H24BrNO. The summed E-state index contributed by atoms with van der Waals surface area (Å²) in [6, 6.07) is 7.83. The van der Waals surface area contributed by atoms with Crippen LogP contribution in [0.15, 0.2) is 53.0 Å². The number of hydrogen-bond acceptors (Lipinski definition) is 1. The van der Waals surface area contributed by atoms with Gasteiger partial charge in [-0.05, 0) is 68.6 Å². The van der Waals surface area contributed by atoms with E-state index < -0.39 is 0 Å². The monoisotopic (exact) mass is 373 g/mol. The number of carbonyl (C=O) groups is 1. The Kier molecular flexibility index (Phi) is 5.71. The van der Waals surface area contributed by atoms with Crippen molar-refractivity contribution in [1.29, 1.82) is 0 Å².